The van der Waals surface area contributed by atoms with E-state index in [0.29, 0.717) is 19.3 Å². The first-order valence-corrected chi connectivity index (χ1v) is 15.0. The van der Waals surface area contributed by atoms with Crippen LogP contribution in [0.2, 0.25) is 0 Å². The van der Waals surface area contributed by atoms with Gasteiger partial charge in [0.15, 0.2) is 5.12 Å². The van der Waals surface area contributed by atoms with Crippen LogP contribution in [0.1, 0.15) is 91.0 Å². The summed E-state index contributed by atoms with van der Waals surface area (Å²) in [7, 11) is -1.05. The Bertz CT molecular complexity index is 604. The zero-order valence-corrected chi connectivity index (χ0v) is 25.0. The van der Waals surface area contributed by atoms with Crippen molar-refractivity contribution in [3.05, 3.63) is 29.8 Å². The van der Waals surface area contributed by atoms with Crippen molar-refractivity contribution < 1.29 is 26.6 Å². The maximum absolute atomic E-state index is 12.5. The maximum Gasteiger partial charge on any atom is 0.194 e. The molecule has 31 heavy (non-hydrogen) atoms. The van der Waals surface area contributed by atoms with Gasteiger partial charge in [-0.3, -0.25) is 9.59 Å². The SMILES string of the molecule is CCCC[P+](CCCC)(CCCC)Cc1ccccc1SC(=O)CCC(=O)CC.P.[Br-]. The van der Waals surface area contributed by atoms with E-state index in [1.165, 1.54) is 80.5 Å². The minimum atomic E-state index is -1.05. The molecule has 2 nitrogen and oxygen atoms in total. The van der Waals surface area contributed by atoms with Crippen molar-refractivity contribution in [3.8, 4) is 0 Å². The van der Waals surface area contributed by atoms with Gasteiger partial charge in [0.25, 0.3) is 0 Å². The molecule has 1 atom stereocenters. The number of rotatable bonds is 16. The second-order valence-corrected chi connectivity index (χ2v) is 13.6. The standard InChI is InChI=1S/C25H42O2PS.BrH.H3P/c1-5-9-18-28(19-10-6-2,20-11-7-3)21-22-14-12-13-15-24(22)29-25(27)17-16-23(26)8-4;;/h12-15H,5-11,16-21H2,1-4H3;1H;1H3/q+1;;/p-1. The number of benzene rings is 1. The molecule has 6 heteroatoms. The van der Waals surface area contributed by atoms with Crippen LogP contribution >= 0.6 is 28.9 Å². The van der Waals surface area contributed by atoms with Gasteiger partial charge >= 0.3 is 0 Å². The van der Waals surface area contributed by atoms with Crippen molar-refractivity contribution >= 4 is 39.8 Å². The van der Waals surface area contributed by atoms with E-state index in [1.54, 1.807) is 0 Å². The highest BCUT2D eigenvalue weighted by atomic mass is 79.9. The predicted octanol–water partition coefficient (Wildman–Crippen LogP) is 5.04. The first-order valence-electron chi connectivity index (χ1n) is 11.7. The molecule has 1 aromatic rings. The lowest BCUT2D eigenvalue weighted by Crippen LogP contribution is -3.00. The molecule has 0 fully saturated rings. The van der Waals surface area contributed by atoms with Crippen molar-refractivity contribution in [2.45, 2.75) is 96.5 Å². The number of ketones is 1. The summed E-state index contributed by atoms with van der Waals surface area (Å²) >= 11 is 1.36. The second-order valence-electron chi connectivity index (χ2n) is 8.21. The third-order valence-corrected chi connectivity index (χ3v) is 11.5. The van der Waals surface area contributed by atoms with Crippen LogP contribution in [0.3, 0.4) is 0 Å². The lowest BCUT2D eigenvalue weighted by molar-refractivity contribution is -0.121. The number of halogens is 1. The number of Topliss-reactive ketones (excluding diaryl/α,β-unsaturated/α-hetero) is 1. The molecule has 0 heterocycles. The Morgan fingerprint density at radius 2 is 1.35 bits per heavy atom. The van der Waals surface area contributed by atoms with Gasteiger partial charge < -0.3 is 17.0 Å². The third kappa shape index (κ3) is 13.5. The number of carbonyl (C=O) groups is 2. The van der Waals surface area contributed by atoms with Crippen LogP contribution in [0.25, 0.3) is 0 Å². The fraction of sp³-hybridized carbons (Fsp3) is 0.680. The van der Waals surface area contributed by atoms with Gasteiger partial charge in [0.1, 0.15) is 5.78 Å². The molecule has 0 aliphatic heterocycles. The van der Waals surface area contributed by atoms with Gasteiger partial charge in [-0.15, -0.1) is 0 Å². The summed E-state index contributed by atoms with van der Waals surface area (Å²) in [6.07, 6.45) is 14.4. The Hall–Kier alpha value is 0.250. The Balaban J connectivity index is 0. The first kappa shape index (κ1) is 33.4. The van der Waals surface area contributed by atoms with Crippen LogP contribution in [0.5, 0.6) is 0 Å². The van der Waals surface area contributed by atoms with E-state index in [9.17, 15) is 9.59 Å². The lowest BCUT2D eigenvalue weighted by Gasteiger charge is -2.29. The smallest absolute Gasteiger partial charge is 0.194 e. The number of hydrogen-bond acceptors (Lipinski definition) is 3. The molecule has 0 radical (unpaired) electrons. The van der Waals surface area contributed by atoms with Crippen molar-refractivity contribution in [2.24, 2.45) is 0 Å². The lowest BCUT2D eigenvalue weighted by atomic mass is 10.2. The minimum absolute atomic E-state index is 0. The van der Waals surface area contributed by atoms with Gasteiger partial charge in [-0.2, -0.15) is 9.90 Å². The number of hydrogen-bond donors (Lipinski definition) is 0. The van der Waals surface area contributed by atoms with E-state index >= 15 is 0 Å². The quantitative estimate of drug-likeness (QED) is 0.213. The Kier molecular flexibility index (Phi) is 21.2. The van der Waals surface area contributed by atoms with Crippen LogP contribution in [0.4, 0.5) is 0 Å². The average molecular weight is 552 g/mol. The Morgan fingerprint density at radius 1 is 0.839 bits per heavy atom. The molecule has 0 aliphatic rings. The third-order valence-electron chi connectivity index (χ3n) is 5.66. The largest absolute Gasteiger partial charge is 1.00 e. The number of thioether (sulfide) groups is 1. The molecule has 1 rings (SSSR count). The fourth-order valence-corrected chi connectivity index (χ4v) is 9.82. The van der Waals surface area contributed by atoms with Gasteiger partial charge in [0, 0.05) is 37.0 Å². The van der Waals surface area contributed by atoms with E-state index in [4.69, 9.17) is 0 Å². The molecule has 0 spiro atoms. The monoisotopic (exact) mass is 550 g/mol. The van der Waals surface area contributed by atoms with Gasteiger partial charge in [-0.1, -0.05) is 76.9 Å². The summed E-state index contributed by atoms with van der Waals surface area (Å²) in [6.45, 7) is 8.76. The molecule has 0 aromatic heterocycles. The van der Waals surface area contributed by atoms with E-state index < -0.39 is 7.26 Å². The summed E-state index contributed by atoms with van der Waals surface area (Å²) in [6, 6.07) is 8.51. The van der Waals surface area contributed by atoms with Crippen LogP contribution in [-0.2, 0) is 15.8 Å². The summed E-state index contributed by atoms with van der Waals surface area (Å²) < 4.78 is 0. The molecule has 0 saturated carbocycles. The Labute approximate surface area is 210 Å². The van der Waals surface area contributed by atoms with Gasteiger partial charge in [0.05, 0.1) is 24.6 Å². The molecule has 1 aromatic carbocycles. The topological polar surface area (TPSA) is 34.1 Å². The van der Waals surface area contributed by atoms with E-state index in [-0.39, 0.29) is 37.8 Å². The minimum Gasteiger partial charge on any atom is -1.00 e. The molecule has 0 aliphatic carbocycles. The summed E-state index contributed by atoms with van der Waals surface area (Å²) in [5.41, 5.74) is 1.37. The summed E-state index contributed by atoms with van der Waals surface area (Å²) in [5.74, 6) is 0.177. The van der Waals surface area contributed by atoms with Crippen LogP contribution in [0.15, 0.2) is 29.2 Å². The van der Waals surface area contributed by atoms with Crippen molar-refractivity contribution in [1.82, 2.24) is 0 Å². The highest BCUT2D eigenvalue weighted by molar-refractivity contribution is 8.13. The first-order chi connectivity index (χ1) is 14.0. The molecule has 0 saturated heterocycles. The number of carbonyl (C=O) groups excluding carboxylic acids is 2. The number of unbranched alkanes of at least 4 members (excludes halogenated alkanes) is 3. The summed E-state index contributed by atoms with van der Waals surface area (Å²) in [4.78, 5) is 25.2. The highest BCUT2D eigenvalue weighted by Gasteiger charge is 2.36. The van der Waals surface area contributed by atoms with Crippen molar-refractivity contribution in [1.29, 1.82) is 0 Å². The Morgan fingerprint density at radius 3 is 1.84 bits per heavy atom. The molecule has 1 unspecified atom stereocenters. The summed E-state index contributed by atoms with van der Waals surface area (Å²) in [5, 5.41) is 0.124. The molecular formula is C25H45BrO2P2S. The van der Waals surface area contributed by atoms with Gasteiger partial charge in [-0.05, 0) is 25.3 Å². The van der Waals surface area contributed by atoms with Crippen molar-refractivity contribution in [3.63, 3.8) is 0 Å². The zero-order chi connectivity index (χ0) is 21.5. The van der Waals surface area contributed by atoms with E-state index in [0.717, 1.165) is 4.90 Å². The van der Waals surface area contributed by atoms with Gasteiger partial charge in [-0.25, -0.2) is 0 Å². The van der Waals surface area contributed by atoms with Crippen LogP contribution in [-0.4, -0.2) is 29.4 Å². The highest BCUT2D eigenvalue weighted by Crippen LogP contribution is 2.63. The molecule has 0 bridgehead atoms. The normalized spacial score (nSPS) is 10.8. The second kappa shape index (κ2) is 19.7. The zero-order valence-electron chi connectivity index (χ0n) is 20.3. The van der Waals surface area contributed by atoms with Crippen LogP contribution < -0.4 is 17.0 Å². The molecule has 0 N–H and O–H groups in total. The van der Waals surface area contributed by atoms with Crippen LogP contribution in [0, 0.1) is 0 Å². The van der Waals surface area contributed by atoms with E-state index in [2.05, 4.69) is 39.0 Å². The fourth-order valence-electron chi connectivity index (χ4n) is 3.74. The molecule has 0 amide bonds. The maximum atomic E-state index is 12.5. The van der Waals surface area contributed by atoms with Crippen molar-refractivity contribution in [2.75, 3.05) is 18.5 Å². The molecular weight excluding hydrogens is 506 g/mol. The average Bonchev–Trinajstić information content (AvgIpc) is 2.74. The van der Waals surface area contributed by atoms with Gasteiger partial charge in [0.2, 0.25) is 0 Å². The van der Waals surface area contributed by atoms with E-state index in [1.807, 2.05) is 13.0 Å². The predicted molar refractivity (Wildman–Crippen MR) is 143 cm³/mol. The molecule has 180 valence electrons.